The number of hydrogen-bond acceptors (Lipinski definition) is 4. The molecule has 2 aromatic rings. The molecule has 2 amide bonds. The van der Waals surface area contributed by atoms with Crippen LogP contribution in [-0.2, 0) is 11.2 Å². The number of amides is 2. The Morgan fingerprint density at radius 2 is 1.96 bits per heavy atom. The van der Waals surface area contributed by atoms with E-state index in [2.05, 4.69) is 11.1 Å². The number of nitrogens with zero attached hydrogens (tertiary/aromatic N) is 3. The molecule has 6 heteroatoms. The van der Waals surface area contributed by atoms with Gasteiger partial charge in [0, 0.05) is 31.5 Å². The largest absolute Gasteiger partial charge is 0.369 e. The maximum atomic E-state index is 13.2. The SMILES string of the molecule is NC(=O)[C@H]1CCN(c2ncccc2C(=O)N2CCc3ccccc32)C1. The third kappa shape index (κ3) is 2.73. The van der Waals surface area contributed by atoms with E-state index in [0.717, 1.165) is 12.1 Å². The summed E-state index contributed by atoms with van der Waals surface area (Å²) in [6, 6.07) is 11.6. The zero-order valence-electron chi connectivity index (χ0n) is 13.9. The van der Waals surface area contributed by atoms with Crippen LogP contribution < -0.4 is 15.5 Å². The lowest BCUT2D eigenvalue weighted by molar-refractivity contribution is -0.121. The topological polar surface area (TPSA) is 79.5 Å². The van der Waals surface area contributed by atoms with Gasteiger partial charge in [-0.3, -0.25) is 9.59 Å². The highest BCUT2D eigenvalue weighted by molar-refractivity contribution is 6.10. The Morgan fingerprint density at radius 1 is 1.12 bits per heavy atom. The minimum absolute atomic E-state index is 0.0458. The lowest BCUT2D eigenvalue weighted by Gasteiger charge is -2.23. The van der Waals surface area contributed by atoms with Crippen molar-refractivity contribution in [2.45, 2.75) is 12.8 Å². The number of primary amides is 1. The molecule has 0 radical (unpaired) electrons. The second-order valence-electron chi connectivity index (χ2n) is 6.54. The van der Waals surface area contributed by atoms with Crippen molar-refractivity contribution >= 4 is 23.3 Å². The van der Waals surface area contributed by atoms with Crippen molar-refractivity contribution in [2.75, 3.05) is 29.4 Å². The van der Waals surface area contributed by atoms with E-state index in [1.54, 1.807) is 12.3 Å². The normalized spacial score (nSPS) is 19.1. The maximum absolute atomic E-state index is 13.2. The van der Waals surface area contributed by atoms with E-state index in [9.17, 15) is 9.59 Å². The minimum atomic E-state index is -0.292. The maximum Gasteiger partial charge on any atom is 0.262 e. The first-order valence-electron chi connectivity index (χ1n) is 8.54. The van der Waals surface area contributed by atoms with E-state index in [-0.39, 0.29) is 17.7 Å². The fourth-order valence-corrected chi connectivity index (χ4v) is 3.70. The van der Waals surface area contributed by atoms with Crippen LogP contribution in [0.3, 0.4) is 0 Å². The molecule has 25 heavy (non-hydrogen) atoms. The molecule has 1 aromatic carbocycles. The van der Waals surface area contributed by atoms with Gasteiger partial charge in [0.25, 0.3) is 5.91 Å². The molecule has 0 saturated carbocycles. The average molecular weight is 336 g/mol. The molecule has 6 nitrogen and oxygen atoms in total. The molecule has 4 rings (SSSR count). The van der Waals surface area contributed by atoms with Crippen LogP contribution in [0.2, 0.25) is 0 Å². The summed E-state index contributed by atoms with van der Waals surface area (Å²) in [5, 5.41) is 0. The van der Waals surface area contributed by atoms with Crippen molar-refractivity contribution in [2.24, 2.45) is 11.7 Å². The Balaban J connectivity index is 1.64. The highest BCUT2D eigenvalue weighted by atomic mass is 16.2. The van der Waals surface area contributed by atoms with Gasteiger partial charge in [-0.25, -0.2) is 4.98 Å². The summed E-state index contributed by atoms with van der Waals surface area (Å²) in [6.45, 7) is 1.88. The number of benzene rings is 1. The van der Waals surface area contributed by atoms with Gasteiger partial charge in [0.1, 0.15) is 5.82 Å². The molecule has 0 unspecified atom stereocenters. The van der Waals surface area contributed by atoms with Gasteiger partial charge in [-0.2, -0.15) is 0 Å². The minimum Gasteiger partial charge on any atom is -0.369 e. The smallest absolute Gasteiger partial charge is 0.262 e. The van der Waals surface area contributed by atoms with Gasteiger partial charge in [0.2, 0.25) is 5.91 Å². The van der Waals surface area contributed by atoms with E-state index >= 15 is 0 Å². The van der Waals surface area contributed by atoms with Crippen LogP contribution in [0.15, 0.2) is 42.6 Å². The number of para-hydroxylation sites is 1. The summed E-state index contributed by atoms with van der Waals surface area (Å²) in [7, 11) is 0. The number of carbonyl (C=O) groups excluding carboxylic acids is 2. The molecular weight excluding hydrogens is 316 g/mol. The number of anilines is 2. The first kappa shape index (κ1) is 15.6. The Morgan fingerprint density at radius 3 is 2.76 bits per heavy atom. The second kappa shape index (κ2) is 6.20. The molecule has 3 heterocycles. The first-order chi connectivity index (χ1) is 12.1. The molecule has 0 aliphatic carbocycles. The number of fused-ring (bicyclic) bond motifs is 1. The molecule has 2 aliphatic heterocycles. The molecular formula is C19H20N4O2. The van der Waals surface area contributed by atoms with E-state index in [1.807, 2.05) is 34.1 Å². The summed E-state index contributed by atoms with van der Waals surface area (Å²) >= 11 is 0. The van der Waals surface area contributed by atoms with Crippen LogP contribution in [0, 0.1) is 5.92 Å². The van der Waals surface area contributed by atoms with Gasteiger partial charge >= 0.3 is 0 Å². The summed E-state index contributed by atoms with van der Waals surface area (Å²) in [5.41, 5.74) is 8.16. The Kier molecular flexibility index (Phi) is 3.87. The summed E-state index contributed by atoms with van der Waals surface area (Å²) in [4.78, 5) is 32.9. The molecule has 128 valence electrons. The fraction of sp³-hybridized carbons (Fsp3) is 0.316. The zero-order valence-corrected chi connectivity index (χ0v) is 13.9. The highest BCUT2D eigenvalue weighted by Crippen LogP contribution is 2.31. The van der Waals surface area contributed by atoms with E-state index < -0.39 is 0 Å². The third-order valence-corrected chi connectivity index (χ3v) is 5.04. The first-order valence-corrected chi connectivity index (χ1v) is 8.54. The molecule has 0 bridgehead atoms. The number of hydrogen-bond donors (Lipinski definition) is 1. The van der Waals surface area contributed by atoms with E-state index in [1.165, 1.54) is 5.56 Å². The number of nitrogens with two attached hydrogens (primary N) is 1. The molecule has 1 aromatic heterocycles. The highest BCUT2D eigenvalue weighted by Gasteiger charge is 2.32. The Hall–Kier alpha value is -2.89. The third-order valence-electron chi connectivity index (χ3n) is 5.04. The summed E-state index contributed by atoms with van der Waals surface area (Å²) in [5.74, 6) is 0.119. The predicted molar refractivity (Wildman–Crippen MR) is 95.6 cm³/mol. The molecule has 1 saturated heterocycles. The van der Waals surface area contributed by atoms with Crippen LogP contribution in [0.25, 0.3) is 0 Å². The molecule has 1 fully saturated rings. The van der Waals surface area contributed by atoms with Gasteiger partial charge in [-0.15, -0.1) is 0 Å². The summed E-state index contributed by atoms with van der Waals surface area (Å²) < 4.78 is 0. The lowest BCUT2D eigenvalue weighted by Crippen LogP contribution is -2.32. The zero-order chi connectivity index (χ0) is 17.4. The quantitative estimate of drug-likeness (QED) is 0.923. The average Bonchev–Trinajstić information content (AvgIpc) is 3.28. The van der Waals surface area contributed by atoms with E-state index in [4.69, 9.17) is 5.73 Å². The molecule has 1 atom stereocenters. The predicted octanol–water partition coefficient (Wildman–Crippen LogP) is 1.60. The van der Waals surface area contributed by atoms with Gasteiger partial charge < -0.3 is 15.5 Å². The van der Waals surface area contributed by atoms with Crippen LogP contribution in [0.4, 0.5) is 11.5 Å². The van der Waals surface area contributed by atoms with Crippen molar-refractivity contribution in [3.63, 3.8) is 0 Å². The Labute approximate surface area is 146 Å². The number of rotatable bonds is 3. The second-order valence-corrected chi connectivity index (χ2v) is 6.54. The van der Waals surface area contributed by atoms with Crippen molar-refractivity contribution in [1.29, 1.82) is 0 Å². The van der Waals surface area contributed by atoms with Gasteiger partial charge in [0.05, 0.1) is 11.5 Å². The summed E-state index contributed by atoms with van der Waals surface area (Å²) in [6.07, 6.45) is 3.25. The fourth-order valence-electron chi connectivity index (χ4n) is 3.70. The monoisotopic (exact) mass is 336 g/mol. The van der Waals surface area contributed by atoms with Crippen molar-refractivity contribution < 1.29 is 9.59 Å². The van der Waals surface area contributed by atoms with Crippen LogP contribution >= 0.6 is 0 Å². The van der Waals surface area contributed by atoms with Gasteiger partial charge in [-0.05, 0) is 36.6 Å². The standard InChI is InChI=1S/C19H20N4O2/c20-17(24)14-7-10-22(12-14)18-15(5-3-9-21-18)19(25)23-11-8-13-4-1-2-6-16(13)23/h1-6,9,14H,7-8,10-12H2,(H2,20,24)/t14-/m0/s1. The Bertz CT molecular complexity index is 836. The molecule has 2 N–H and O–H groups in total. The van der Waals surface area contributed by atoms with E-state index in [0.29, 0.717) is 37.4 Å². The number of pyridine rings is 1. The lowest BCUT2D eigenvalue weighted by atomic mass is 10.1. The number of aromatic nitrogens is 1. The molecule has 0 spiro atoms. The number of carbonyl (C=O) groups is 2. The van der Waals surface area contributed by atoms with Crippen LogP contribution in [0.1, 0.15) is 22.3 Å². The van der Waals surface area contributed by atoms with Crippen molar-refractivity contribution in [3.8, 4) is 0 Å². The van der Waals surface area contributed by atoms with Gasteiger partial charge in [0.15, 0.2) is 0 Å². The van der Waals surface area contributed by atoms with Crippen LogP contribution in [-0.4, -0.2) is 36.4 Å². The van der Waals surface area contributed by atoms with Gasteiger partial charge in [-0.1, -0.05) is 18.2 Å². The molecule has 2 aliphatic rings. The van der Waals surface area contributed by atoms with Crippen LogP contribution in [0.5, 0.6) is 0 Å². The van der Waals surface area contributed by atoms with Crippen molar-refractivity contribution in [1.82, 2.24) is 4.98 Å². The van der Waals surface area contributed by atoms with Crippen molar-refractivity contribution in [3.05, 3.63) is 53.7 Å².